The second kappa shape index (κ2) is 5.72. The fourth-order valence-corrected chi connectivity index (χ4v) is 1.59. The molecular weight excluding hydrogens is 297 g/mol. The lowest BCUT2D eigenvalue weighted by atomic mass is 10.1. The van der Waals surface area contributed by atoms with Crippen LogP contribution >= 0.6 is 15.9 Å². The van der Waals surface area contributed by atoms with Crippen molar-refractivity contribution in [3.05, 3.63) is 38.1 Å². The highest BCUT2D eigenvalue weighted by Crippen LogP contribution is 2.27. The Kier molecular flexibility index (Phi) is 4.56. The largest absolute Gasteiger partial charge is 0.466 e. The van der Waals surface area contributed by atoms with Crippen LogP contribution in [-0.4, -0.2) is 17.5 Å². The zero-order chi connectivity index (χ0) is 13.0. The molecule has 0 aliphatic heterocycles. The van der Waals surface area contributed by atoms with E-state index >= 15 is 0 Å². The minimum absolute atomic E-state index is 0.00542. The lowest BCUT2D eigenvalue weighted by Gasteiger charge is -2.04. The Morgan fingerprint density at radius 3 is 2.76 bits per heavy atom. The first-order valence-electron chi connectivity index (χ1n) is 4.73. The van der Waals surface area contributed by atoms with Crippen molar-refractivity contribution in [2.45, 2.75) is 13.3 Å². The number of benzene rings is 1. The van der Waals surface area contributed by atoms with Crippen molar-refractivity contribution in [2.24, 2.45) is 0 Å². The maximum atomic E-state index is 13.2. The Bertz CT molecular complexity index is 464. The SMILES string of the molecule is CCOC(=O)Cc1cc(F)c(Br)cc1[N+](=O)[O-]. The number of carbonyl (C=O) groups excluding carboxylic acids is 1. The normalized spacial score (nSPS) is 10.1. The summed E-state index contributed by atoms with van der Waals surface area (Å²) in [6.07, 6.45) is -0.325. The van der Waals surface area contributed by atoms with Crippen molar-refractivity contribution in [3.8, 4) is 0 Å². The third-order valence-electron chi connectivity index (χ3n) is 1.96. The molecule has 0 radical (unpaired) electrons. The van der Waals surface area contributed by atoms with E-state index in [0.29, 0.717) is 0 Å². The molecule has 1 rings (SSSR count). The van der Waals surface area contributed by atoms with Crippen LogP contribution in [0.2, 0.25) is 0 Å². The molecule has 1 aromatic carbocycles. The number of hydrogen-bond donors (Lipinski definition) is 0. The first-order valence-corrected chi connectivity index (χ1v) is 5.53. The molecule has 7 heteroatoms. The molecule has 92 valence electrons. The number of hydrogen-bond acceptors (Lipinski definition) is 4. The van der Waals surface area contributed by atoms with Crippen LogP contribution in [0, 0.1) is 15.9 Å². The average molecular weight is 306 g/mol. The van der Waals surface area contributed by atoms with Crippen molar-refractivity contribution in [1.29, 1.82) is 0 Å². The molecule has 0 amide bonds. The number of nitrogens with zero attached hydrogens (tertiary/aromatic N) is 1. The number of rotatable bonds is 4. The van der Waals surface area contributed by atoms with E-state index in [2.05, 4.69) is 20.7 Å². The smallest absolute Gasteiger partial charge is 0.310 e. The van der Waals surface area contributed by atoms with Gasteiger partial charge < -0.3 is 4.74 Å². The van der Waals surface area contributed by atoms with Gasteiger partial charge >= 0.3 is 5.97 Å². The Morgan fingerprint density at radius 2 is 2.24 bits per heavy atom. The monoisotopic (exact) mass is 305 g/mol. The van der Waals surface area contributed by atoms with Crippen LogP contribution in [0.5, 0.6) is 0 Å². The van der Waals surface area contributed by atoms with Gasteiger partial charge in [0.05, 0.1) is 22.4 Å². The fraction of sp³-hybridized carbons (Fsp3) is 0.300. The summed E-state index contributed by atoms with van der Waals surface area (Å²) in [6.45, 7) is 1.79. The summed E-state index contributed by atoms with van der Waals surface area (Å²) in [7, 11) is 0. The molecule has 0 aliphatic rings. The van der Waals surface area contributed by atoms with Crippen molar-refractivity contribution in [1.82, 2.24) is 0 Å². The number of esters is 1. The van der Waals surface area contributed by atoms with Gasteiger partial charge in [-0.05, 0) is 28.9 Å². The van der Waals surface area contributed by atoms with Crippen molar-refractivity contribution in [2.75, 3.05) is 6.61 Å². The molecule has 17 heavy (non-hydrogen) atoms. The predicted octanol–water partition coefficient (Wildman–Crippen LogP) is 2.60. The van der Waals surface area contributed by atoms with Crippen LogP contribution in [0.1, 0.15) is 12.5 Å². The molecule has 0 atom stereocenters. The number of nitro benzene ring substituents is 1. The summed E-state index contributed by atoms with van der Waals surface area (Å²) < 4.78 is 17.9. The second-order valence-electron chi connectivity index (χ2n) is 3.13. The molecule has 0 saturated heterocycles. The summed E-state index contributed by atoms with van der Waals surface area (Å²) in [5, 5.41) is 10.7. The average Bonchev–Trinajstić information content (AvgIpc) is 2.23. The van der Waals surface area contributed by atoms with E-state index in [1.54, 1.807) is 6.92 Å². The number of carbonyl (C=O) groups is 1. The lowest BCUT2D eigenvalue weighted by Crippen LogP contribution is -2.09. The molecule has 0 spiro atoms. The van der Waals surface area contributed by atoms with E-state index in [-0.39, 0.29) is 28.8 Å². The van der Waals surface area contributed by atoms with Crippen LogP contribution in [0.3, 0.4) is 0 Å². The Hall–Kier alpha value is -1.50. The maximum absolute atomic E-state index is 13.2. The van der Waals surface area contributed by atoms with Gasteiger partial charge in [0.1, 0.15) is 5.82 Å². The second-order valence-corrected chi connectivity index (χ2v) is 3.99. The topological polar surface area (TPSA) is 69.4 Å². The molecular formula is C10H9BrFNO4. The fourth-order valence-electron chi connectivity index (χ4n) is 1.26. The summed E-state index contributed by atoms with van der Waals surface area (Å²) in [5.74, 6) is -1.28. The third-order valence-corrected chi connectivity index (χ3v) is 2.57. The minimum Gasteiger partial charge on any atom is -0.466 e. The van der Waals surface area contributed by atoms with Crippen molar-refractivity contribution >= 4 is 27.6 Å². The highest BCUT2D eigenvalue weighted by atomic mass is 79.9. The van der Waals surface area contributed by atoms with Crippen LogP contribution < -0.4 is 0 Å². The van der Waals surface area contributed by atoms with Gasteiger partial charge in [-0.1, -0.05) is 0 Å². The van der Waals surface area contributed by atoms with Gasteiger partial charge in [0.2, 0.25) is 0 Å². The minimum atomic E-state index is -0.668. The molecule has 5 nitrogen and oxygen atoms in total. The maximum Gasteiger partial charge on any atom is 0.310 e. The predicted molar refractivity (Wildman–Crippen MR) is 61.1 cm³/mol. The summed E-state index contributed by atoms with van der Waals surface area (Å²) >= 11 is 2.85. The van der Waals surface area contributed by atoms with Gasteiger partial charge in [-0.3, -0.25) is 14.9 Å². The third kappa shape index (κ3) is 3.48. The van der Waals surface area contributed by atoms with Gasteiger partial charge in [-0.25, -0.2) is 4.39 Å². The van der Waals surface area contributed by atoms with Crippen molar-refractivity contribution < 1.29 is 18.8 Å². The van der Waals surface area contributed by atoms with E-state index in [9.17, 15) is 19.3 Å². The number of ether oxygens (including phenoxy) is 1. The molecule has 0 bridgehead atoms. The Labute approximate surface area is 105 Å². The molecule has 0 unspecified atom stereocenters. The summed E-state index contributed by atoms with van der Waals surface area (Å²) in [5.41, 5.74) is -0.319. The molecule has 0 saturated carbocycles. The van der Waals surface area contributed by atoms with E-state index in [1.165, 1.54) is 0 Å². The zero-order valence-corrected chi connectivity index (χ0v) is 10.5. The lowest BCUT2D eigenvalue weighted by molar-refractivity contribution is -0.385. The molecule has 0 aromatic heterocycles. The van der Waals surface area contributed by atoms with Crippen LogP contribution in [0.4, 0.5) is 10.1 Å². The first kappa shape index (κ1) is 13.6. The van der Waals surface area contributed by atoms with Gasteiger partial charge in [-0.2, -0.15) is 0 Å². The van der Waals surface area contributed by atoms with Crippen molar-refractivity contribution in [3.63, 3.8) is 0 Å². The highest BCUT2D eigenvalue weighted by molar-refractivity contribution is 9.10. The molecule has 0 fully saturated rings. The van der Waals surface area contributed by atoms with E-state index < -0.39 is 16.7 Å². The molecule has 0 N–H and O–H groups in total. The molecule has 0 heterocycles. The van der Waals surface area contributed by atoms with Gasteiger partial charge in [0.15, 0.2) is 0 Å². The highest BCUT2D eigenvalue weighted by Gasteiger charge is 2.20. The van der Waals surface area contributed by atoms with Gasteiger partial charge in [0, 0.05) is 11.6 Å². The summed E-state index contributed by atoms with van der Waals surface area (Å²) in [6, 6.07) is 1.99. The number of nitro groups is 1. The molecule has 1 aromatic rings. The van der Waals surface area contributed by atoms with Gasteiger partial charge in [-0.15, -0.1) is 0 Å². The van der Waals surface area contributed by atoms with E-state index in [1.807, 2.05) is 0 Å². The van der Waals surface area contributed by atoms with E-state index in [4.69, 9.17) is 0 Å². The Morgan fingerprint density at radius 1 is 1.59 bits per heavy atom. The summed E-state index contributed by atoms with van der Waals surface area (Å²) in [4.78, 5) is 21.3. The standard InChI is InChI=1S/C10H9BrFNO4/c1-2-17-10(14)4-6-3-8(12)7(11)5-9(6)13(15)16/h3,5H,2,4H2,1H3. The zero-order valence-electron chi connectivity index (χ0n) is 8.91. The molecule has 0 aliphatic carbocycles. The van der Waals surface area contributed by atoms with Crippen LogP contribution in [0.25, 0.3) is 0 Å². The van der Waals surface area contributed by atoms with Crippen LogP contribution in [-0.2, 0) is 16.0 Å². The quantitative estimate of drug-likeness (QED) is 0.487. The Balaban J connectivity index is 3.08. The van der Waals surface area contributed by atoms with Gasteiger partial charge in [0.25, 0.3) is 5.69 Å². The number of halogens is 2. The van der Waals surface area contributed by atoms with Crippen LogP contribution in [0.15, 0.2) is 16.6 Å². The van der Waals surface area contributed by atoms with E-state index in [0.717, 1.165) is 12.1 Å². The first-order chi connectivity index (χ1) is 7.95.